The first-order valence-corrected chi connectivity index (χ1v) is 5.66. The molecule has 0 radical (unpaired) electrons. The third-order valence-electron chi connectivity index (χ3n) is 4.72. The molecule has 14 heavy (non-hydrogen) atoms. The topological polar surface area (TPSA) is 18.5 Å². The number of hydrogen-bond donors (Lipinski definition) is 0. The number of ether oxygens (including phenoxy) is 2. The fraction of sp³-hybridized carbons (Fsp3) is 1.00. The van der Waals surface area contributed by atoms with E-state index in [4.69, 9.17) is 9.47 Å². The zero-order valence-corrected chi connectivity index (χ0v) is 9.75. The van der Waals surface area contributed by atoms with Crippen molar-refractivity contribution in [1.82, 2.24) is 0 Å². The van der Waals surface area contributed by atoms with Crippen LogP contribution in [0.3, 0.4) is 0 Å². The maximum absolute atomic E-state index is 5.41. The maximum atomic E-state index is 5.41. The van der Waals surface area contributed by atoms with Gasteiger partial charge in [-0.25, -0.2) is 0 Å². The van der Waals surface area contributed by atoms with E-state index in [-0.39, 0.29) is 6.29 Å². The van der Waals surface area contributed by atoms with Crippen LogP contribution in [0.4, 0.5) is 0 Å². The Kier molecular flexibility index (Phi) is 2.61. The number of rotatable bonds is 3. The molecule has 2 heteroatoms. The fourth-order valence-corrected chi connectivity index (χ4v) is 3.85. The van der Waals surface area contributed by atoms with Gasteiger partial charge in [-0.05, 0) is 36.5 Å². The smallest absolute Gasteiger partial charge is 0.159 e. The lowest BCUT2D eigenvalue weighted by molar-refractivity contribution is -0.150. The third kappa shape index (κ3) is 1.31. The Morgan fingerprint density at radius 2 is 1.79 bits per heavy atom. The van der Waals surface area contributed by atoms with Crippen LogP contribution >= 0.6 is 0 Å². The molecule has 0 spiro atoms. The van der Waals surface area contributed by atoms with Crippen molar-refractivity contribution in [3.8, 4) is 0 Å². The second kappa shape index (κ2) is 3.49. The Morgan fingerprint density at radius 1 is 1.14 bits per heavy atom. The van der Waals surface area contributed by atoms with Gasteiger partial charge in [-0.3, -0.25) is 0 Å². The van der Waals surface area contributed by atoms with E-state index in [2.05, 4.69) is 13.8 Å². The second-order valence-corrected chi connectivity index (χ2v) is 5.44. The van der Waals surface area contributed by atoms with E-state index in [1.165, 1.54) is 19.3 Å². The van der Waals surface area contributed by atoms with Crippen molar-refractivity contribution in [2.75, 3.05) is 14.2 Å². The van der Waals surface area contributed by atoms with Crippen molar-refractivity contribution in [2.24, 2.45) is 23.2 Å². The highest BCUT2D eigenvalue weighted by Gasteiger charge is 2.55. The minimum absolute atomic E-state index is 0.0181. The van der Waals surface area contributed by atoms with Gasteiger partial charge in [0.25, 0.3) is 0 Å². The molecule has 0 heterocycles. The average Bonchev–Trinajstić information content (AvgIpc) is 2.57. The predicted molar refractivity (Wildman–Crippen MR) is 55.9 cm³/mol. The Balaban J connectivity index is 2.11. The van der Waals surface area contributed by atoms with Crippen LogP contribution < -0.4 is 0 Å². The summed E-state index contributed by atoms with van der Waals surface area (Å²) < 4.78 is 10.8. The molecule has 2 aliphatic carbocycles. The molecule has 0 amide bonds. The van der Waals surface area contributed by atoms with Gasteiger partial charge >= 0.3 is 0 Å². The summed E-state index contributed by atoms with van der Waals surface area (Å²) in [4.78, 5) is 0. The highest BCUT2D eigenvalue weighted by molar-refractivity contribution is 5.03. The minimum atomic E-state index is 0.0181. The van der Waals surface area contributed by atoms with E-state index in [1.807, 2.05) is 0 Å². The summed E-state index contributed by atoms with van der Waals surface area (Å²) in [6.07, 6.45) is 4.09. The van der Waals surface area contributed by atoms with Gasteiger partial charge in [-0.15, -0.1) is 0 Å². The molecule has 0 unspecified atom stereocenters. The number of fused-ring (bicyclic) bond motifs is 2. The van der Waals surface area contributed by atoms with Crippen molar-refractivity contribution < 1.29 is 9.47 Å². The Bertz CT molecular complexity index is 208. The van der Waals surface area contributed by atoms with Gasteiger partial charge in [0, 0.05) is 20.1 Å². The standard InChI is InChI=1S/C12H22O2/c1-12(2)8-5-6-10(12)9(7-8)11(13-3)14-4/h8-11H,5-7H2,1-4H3/t8-,9+,10+/m1/s1. The van der Waals surface area contributed by atoms with Gasteiger partial charge in [0.1, 0.15) is 0 Å². The summed E-state index contributed by atoms with van der Waals surface area (Å²) in [6.45, 7) is 4.83. The first-order chi connectivity index (χ1) is 6.61. The first kappa shape index (κ1) is 10.4. The van der Waals surface area contributed by atoms with Crippen molar-refractivity contribution in [1.29, 1.82) is 0 Å². The highest BCUT2D eigenvalue weighted by Crippen LogP contribution is 2.61. The summed E-state index contributed by atoms with van der Waals surface area (Å²) in [5.74, 6) is 2.32. The van der Waals surface area contributed by atoms with Crippen LogP contribution in [0, 0.1) is 23.2 Å². The molecule has 2 nitrogen and oxygen atoms in total. The molecule has 82 valence electrons. The lowest BCUT2D eigenvalue weighted by Crippen LogP contribution is -2.31. The van der Waals surface area contributed by atoms with Crippen LogP contribution in [0.15, 0.2) is 0 Å². The molecule has 0 saturated heterocycles. The molecule has 0 aromatic rings. The van der Waals surface area contributed by atoms with Crippen molar-refractivity contribution in [3.05, 3.63) is 0 Å². The maximum Gasteiger partial charge on any atom is 0.159 e. The molecular formula is C12H22O2. The molecule has 0 aromatic heterocycles. The zero-order valence-electron chi connectivity index (χ0n) is 9.75. The summed E-state index contributed by atoms with van der Waals surface area (Å²) in [5, 5.41) is 0. The minimum Gasteiger partial charge on any atom is -0.356 e. The Labute approximate surface area is 87.0 Å². The second-order valence-electron chi connectivity index (χ2n) is 5.44. The SMILES string of the molecule is COC(OC)[C@H]1C[C@H]2CC[C@@H]1C2(C)C. The third-order valence-corrected chi connectivity index (χ3v) is 4.72. The van der Waals surface area contributed by atoms with Crippen molar-refractivity contribution in [2.45, 2.75) is 39.4 Å². The van der Waals surface area contributed by atoms with Crippen LogP contribution in [-0.4, -0.2) is 20.5 Å². The summed E-state index contributed by atoms with van der Waals surface area (Å²) in [5.41, 5.74) is 0.514. The Hall–Kier alpha value is -0.0800. The summed E-state index contributed by atoms with van der Waals surface area (Å²) in [6, 6.07) is 0. The lowest BCUT2D eigenvalue weighted by Gasteiger charge is -2.30. The predicted octanol–water partition coefficient (Wildman–Crippen LogP) is 2.68. The number of methoxy groups -OCH3 is 2. The molecule has 2 aliphatic rings. The van der Waals surface area contributed by atoms with E-state index < -0.39 is 0 Å². The monoisotopic (exact) mass is 198 g/mol. The highest BCUT2D eigenvalue weighted by atomic mass is 16.7. The van der Waals surface area contributed by atoms with Crippen molar-refractivity contribution in [3.63, 3.8) is 0 Å². The summed E-state index contributed by atoms with van der Waals surface area (Å²) in [7, 11) is 3.51. The quantitative estimate of drug-likeness (QED) is 0.649. The molecule has 2 saturated carbocycles. The van der Waals surface area contributed by atoms with Crippen LogP contribution in [-0.2, 0) is 9.47 Å². The first-order valence-electron chi connectivity index (χ1n) is 5.66. The van der Waals surface area contributed by atoms with Gasteiger partial charge in [0.2, 0.25) is 0 Å². The largest absolute Gasteiger partial charge is 0.356 e. The van der Waals surface area contributed by atoms with Gasteiger partial charge in [0.05, 0.1) is 0 Å². The molecule has 2 rings (SSSR count). The molecule has 3 atom stereocenters. The van der Waals surface area contributed by atoms with E-state index >= 15 is 0 Å². The van der Waals surface area contributed by atoms with E-state index in [0.29, 0.717) is 11.3 Å². The van der Waals surface area contributed by atoms with Gasteiger partial charge in [0.15, 0.2) is 6.29 Å². The van der Waals surface area contributed by atoms with E-state index in [9.17, 15) is 0 Å². The van der Waals surface area contributed by atoms with Crippen LogP contribution in [0.5, 0.6) is 0 Å². The lowest BCUT2D eigenvalue weighted by atomic mass is 9.80. The van der Waals surface area contributed by atoms with Gasteiger partial charge in [-0.2, -0.15) is 0 Å². The molecule has 2 bridgehead atoms. The Morgan fingerprint density at radius 3 is 2.14 bits per heavy atom. The van der Waals surface area contributed by atoms with Crippen molar-refractivity contribution >= 4 is 0 Å². The summed E-state index contributed by atoms with van der Waals surface area (Å²) >= 11 is 0. The van der Waals surface area contributed by atoms with E-state index in [0.717, 1.165) is 11.8 Å². The molecule has 0 aromatic carbocycles. The van der Waals surface area contributed by atoms with Crippen LogP contribution in [0.25, 0.3) is 0 Å². The average molecular weight is 198 g/mol. The normalized spacial score (nSPS) is 39.6. The number of hydrogen-bond acceptors (Lipinski definition) is 2. The zero-order chi connectivity index (χ0) is 10.3. The van der Waals surface area contributed by atoms with Gasteiger partial charge < -0.3 is 9.47 Å². The molecule has 2 fully saturated rings. The fourth-order valence-electron chi connectivity index (χ4n) is 3.85. The van der Waals surface area contributed by atoms with Crippen LogP contribution in [0.1, 0.15) is 33.1 Å². The van der Waals surface area contributed by atoms with Gasteiger partial charge in [-0.1, -0.05) is 13.8 Å². The molecule has 0 aliphatic heterocycles. The van der Waals surface area contributed by atoms with Crippen LogP contribution in [0.2, 0.25) is 0 Å². The molecular weight excluding hydrogens is 176 g/mol. The van der Waals surface area contributed by atoms with E-state index in [1.54, 1.807) is 14.2 Å². The molecule has 0 N–H and O–H groups in total.